The van der Waals surface area contributed by atoms with Gasteiger partial charge in [-0.1, -0.05) is 218 Å². The monoisotopic (exact) mass is 773 g/mol. The number of esters is 3. The normalized spacial score (nSPS) is 12.3. The molecule has 0 N–H and O–H groups in total. The minimum Gasteiger partial charge on any atom is -0.462 e. The van der Waals surface area contributed by atoms with E-state index >= 15 is 0 Å². The van der Waals surface area contributed by atoms with Crippen LogP contribution in [0.5, 0.6) is 0 Å². The van der Waals surface area contributed by atoms with Crippen molar-refractivity contribution >= 4 is 17.9 Å². The van der Waals surface area contributed by atoms with E-state index in [1.165, 1.54) is 128 Å². The van der Waals surface area contributed by atoms with Crippen LogP contribution in [0.1, 0.15) is 239 Å². The minimum atomic E-state index is -0.769. The topological polar surface area (TPSA) is 78.9 Å². The molecule has 0 heterocycles. The maximum Gasteiger partial charge on any atom is 0.306 e. The van der Waals surface area contributed by atoms with E-state index in [0.29, 0.717) is 19.3 Å². The third-order valence-corrected chi connectivity index (χ3v) is 10.2. The highest BCUT2D eigenvalue weighted by Crippen LogP contribution is 2.15. The molecular formula is C49H88O6. The predicted octanol–water partition coefficient (Wildman–Crippen LogP) is 15.0. The fourth-order valence-corrected chi connectivity index (χ4v) is 6.68. The number of ether oxygens (including phenoxy) is 3. The van der Waals surface area contributed by atoms with Crippen molar-refractivity contribution < 1.29 is 28.6 Å². The molecule has 55 heavy (non-hydrogen) atoms. The summed E-state index contributed by atoms with van der Waals surface area (Å²) in [5.74, 6) is -0.881. The van der Waals surface area contributed by atoms with Crippen molar-refractivity contribution in [2.45, 2.75) is 245 Å². The molecule has 0 saturated carbocycles. The highest BCUT2D eigenvalue weighted by Gasteiger charge is 2.19. The first-order valence-electron chi connectivity index (χ1n) is 23.5. The average molecular weight is 773 g/mol. The summed E-state index contributed by atoms with van der Waals surface area (Å²) in [6, 6.07) is 0. The van der Waals surface area contributed by atoms with Gasteiger partial charge in [-0.2, -0.15) is 0 Å². The lowest BCUT2D eigenvalue weighted by atomic mass is 10.0. The van der Waals surface area contributed by atoms with Crippen LogP contribution in [0.4, 0.5) is 0 Å². The van der Waals surface area contributed by atoms with Crippen LogP contribution in [0.2, 0.25) is 0 Å². The standard InChI is InChI=1S/C49H88O6/c1-4-7-10-13-16-19-22-24-25-26-28-30-33-36-39-42-48(51)54-45-46(44-53-47(50)41-38-35-32-29-21-18-15-12-9-6-3)55-49(52)43-40-37-34-31-27-23-20-17-14-11-8-5-2/h7,10,13,16,19,22,46H,4-6,8-9,11-12,14-15,17-18,20-21,23-45H2,1-3H3/b10-7-,16-13-,22-19-. The minimum absolute atomic E-state index is 0.0726. The van der Waals surface area contributed by atoms with Crippen molar-refractivity contribution in [1.29, 1.82) is 0 Å². The highest BCUT2D eigenvalue weighted by molar-refractivity contribution is 5.71. The van der Waals surface area contributed by atoms with Gasteiger partial charge in [-0.25, -0.2) is 0 Å². The van der Waals surface area contributed by atoms with E-state index in [0.717, 1.165) is 70.6 Å². The Labute approximate surface area is 340 Å². The molecule has 0 radical (unpaired) electrons. The van der Waals surface area contributed by atoms with E-state index in [9.17, 15) is 14.4 Å². The summed E-state index contributed by atoms with van der Waals surface area (Å²) in [6.07, 6.45) is 49.8. The van der Waals surface area contributed by atoms with E-state index in [1.54, 1.807) is 0 Å². The summed E-state index contributed by atoms with van der Waals surface area (Å²) in [7, 11) is 0. The van der Waals surface area contributed by atoms with Crippen LogP contribution < -0.4 is 0 Å². The van der Waals surface area contributed by atoms with Gasteiger partial charge in [0.05, 0.1) is 0 Å². The van der Waals surface area contributed by atoms with Crippen molar-refractivity contribution in [1.82, 2.24) is 0 Å². The van der Waals surface area contributed by atoms with Gasteiger partial charge in [0.1, 0.15) is 13.2 Å². The SMILES string of the molecule is CC\C=C/C=C\C=C/CCCCCCCCCC(=O)OCC(COC(=O)CCCCCCCCCCCC)OC(=O)CCCCCCCCCCCCCC. The Hall–Kier alpha value is -2.37. The molecule has 0 aliphatic carbocycles. The van der Waals surface area contributed by atoms with Crippen LogP contribution in [0.3, 0.4) is 0 Å². The molecule has 1 atom stereocenters. The number of hydrogen-bond acceptors (Lipinski definition) is 6. The van der Waals surface area contributed by atoms with E-state index in [-0.39, 0.29) is 31.1 Å². The molecule has 320 valence electrons. The molecule has 0 aromatic heterocycles. The quantitative estimate of drug-likeness (QED) is 0.0266. The Balaban J connectivity index is 4.35. The molecule has 6 nitrogen and oxygen atoms in total. The van der Waals surface area contributed by atoms with Gasteiger partial charge < -0.3 is 14.2 Å². The molecule has 0 aromatic carbocycles. The summed E-state index contributed by atoms with van der Waals surface area (Å²) in [5.41, 5.74) is 0. The first kappa shape index (κ1) is 52.6. The van der Waals surface area contributed by atoms with Gasteiger partial charge in [0.25, 0.3) is 0 Å². The number of unbranched alkanes of at least 4 members (excludes halogenated alkanes) is 27. The fraction of sp³-hybridized carbons (Fsp3) is 0.816. The van der Waals surface area contributed by atoms with Crippen LogP contribution in [0, 0.1) is 0 Å². The van der Waals surface area contributed by atoms with Gasteiger partial charge in [0.2, 0.25) is 0 Å². The third-order valence-electron chi connectivity index (χ3n) is 10.2. The Morgan fingerprint density at radius 2 is 0.709 bits per heavy atom. The van der Waals surface area contributed by atoms with Crippen molar-refractivity contribution in [3.63, 3.8) is 0 Å². The van der Waals surface area contributed by atoms with Crippen molar-refractivity contribution in [3.8, 4) is 0 Å². The van der Waals surface area contributed by atoms with Crippen molar-refractivity contribution in [2.24, 2.45) is 0 Å². The predicted molar refractivity (Wildman–Crippen MR) is 233 cm³/mol. The Morgan fingerprint density at radius 1 is 0.382 bits per heavy atom. The summed E-state index contributed by atoms with van der Waals surface area (Å²) in [5, 5.41) is 0. The van der Waals surface area contributed by atoms with Crippen LogP contribution in [-0.4, -0.2) is 37.2 Å². The van der Waals surface area contributed by atoms with Gasteiger partial charge in [0, 0.05) is 19.3 Å². The average Bonchev–Trinajstić information content (AvgIpc) is 3.18. The van der Waals surface area contributed by atoms with Gasteiger partial charge >= 0.3 is 17.9 Å². The van der Waals surface area contributed by atoms with Gasteiger partial charge in [0.15, 0.2) is 6.10 Å². The Kier molecular flexibility index (Phi) is 42.4. The highest BCUT2D eigenvalue weighted by atomic mass is 16.6. The van der Waals surface area contributed by atoms with Crippen LogP contribution >= 0.6 is 0 Å². The summed E-state index contributed by atoms with van der Waals surface area (Å²) in [6.45, 7) is 6.49. The second kappa shape index (κ2) is 44.3. The van der Waals surface area contributed by atoms with Crippen LogP contribution in [0.15, 0.2) is 36.5 Å². The number of allylic oxidation sites excluding steroid dienone is 6. The number of hydrogen-bond donors (Lipinski definition) is 0. The second-order valence-corrected chi connectivity index (χ2v) is 15.7. The number of rotatable bonds is 42. The summed E-state index contributed by atoms with van der Waals surface area (Å²) >= 11 is 0. The molecule has 0 bridgehead atoms. The van der Waals surface area contributed by atoms with Crippen molar-refractivity contribution in [3.05, 3.63) is 36.5 Å². The van der Waals surface area contributed by atoms with E-state index in [1.807, 2.05) is 0 Å². The number of carbonyl (C=O) groups excluding carboxylic acids is 3. The molecule has 0 aliphatic rings. The van der Waals surface area contributed by atoms with E-state index < -0.39 is 6.10 Å². The lowest BCUT2D eigenvalue weighted by Crippen LogP contribution is -2.30. The van der Waals surface area contributed by atoms with E-state index in [4.69, 9.17) is 14.2 Å². The molecule has 0 aliphatic heterocycles. The van der Waals surface area contributed by atoms with Gasteiger partial charge in [-0.3, -0.25) is 14.4 Å². The molecule has 0 amide bonds. The van der Waals surface area contributed by atoms with E-state index in [2.05, 4.69) is 57.2 Å². The first-order valence-corrected chi connectivity index (χ1v) is 23.5. The molecule has 6 heteroatoms. The molecule has 0 rings (SSSR count). The van der Waals surface area contributed by atoms with Gasteiger partial charge in [-0.15, -0.1) is 0 Å². The molecule has 0 aromatic rings. The molecule has 0 spiro atoms. The largest absolute Gasteiger partial charge is 0.462 e. The van der Waals surface area contributed by atoms with Crippen LogP contribution in [0.25, 0.3) is 0 Å². The Morgan fingerprint density at radius 3 is 1.09 bits per heavy atom. The number of carbonyl (C=O) groups is 3. The molecule has 1 unspecified atom stereocenters. The second-order valence-electron chi connectivity index (χ2n) is 15.7. The zero-order valence-electron chi connectivity index (χ0n) is 36.4. The van der Waals surface area contributed by atoms with Crippen molar-refractivity contribution in [2.75, 3.05) is 13.2 Å². The maximum absolute atomic E-state index is 12.7. The lowest BCUT2D eigenvalue weighted by Gasteiger charge is -2.18. The maximum atomic E-state index is 12.7. The summed E-state index contributed by atoms with van der Waals surface area (Å²) < 4.78 is 16.7. The zero-order chi connectivity index (χ0) is 40.1. The Bertz CT molecular complexity index is 938. The zero-order valence-corrected chi connectivity index (χ0v) is 36.4. The molecular weight excluding hydrogens is 685 g/mol. The summed E-state index contributed by atoms with van der Waals surface area (Å²) in [4.78, 5) is 37.7. The first-order chi connectivity index (χ1) is 27.0. The van der Waals surface area contributed by atoms with Crippen LogP contribution in [-0.2, 0) is 28.6 Å². The van der Waals surface area contributed by atoms with Gasteiger partial charge in [-0.05, 0) is 38.5 Å². The lowest BCUT2D eigenvalue weighted by molar-refractivity contribution is -0.167. The smallest absolute Gasteiger partial charge is 0.306 e. The molecule has 0 fully saturated rings. The fourth-order valence-electron chi connectivity index (χ4n) is 6.68. The molecule has 0 saturated heterocycles. The third kappa shape index (κ3) is 42.6.